The monoisotopic (exact) mass is 487 g/mol. The van der Waals surface area contributed by atoms with Gasteiger partial charge in [-0.05, 0) is 74.3 Å². The molecule has 0 spiro atoms. The van der Waals surface area contributed by atoms with Crippen LogP contribution in [0.3, 0.4) is 0 Å². The van der Waals surface area contributed by atoms with Crippen molar-refractivity contribution in [2.45, 2.75) is 56.7 Å². The van der Waals surface area contributed by atoms with Crippen molar-refractivity contribution in [2.75, 3.05) is 38.2 Å². The van der Waals surface area contributed by atoms with Crippen LogP contribution in [0, 0.1) is 17.8 Å². The maximum absolute atomic E-state index is 13.5. The first-order chi connectivity index (χ1) is 16.9. The number of nitrogens with one attached hydrogen (secondary N) is 1. The minimum absolute atomic E-state index is 0.0130. The number of hydrogen-bond acceptors (Lipinski definition) is 6. The van der Waals surface area contributed by atoms with Crippen LogP contribution in [-0.2, 0) is 10.9 Å². The van der Waals surface area contributed by atoms with E-state index in [0.29, 0.717) is 23.8 Å². The van der Waals surface area contributed by atoms with E-state index in [9.17, 15) is 13.2 Å². The highest BCUT2D eigenvalue weighted by molar-refractivity contribution is 5.66. The van der Waals surface area contributed by atoms with Crippen molar-refractivity contribution >= 4 is 5.82 Å². The largest absolute Gasteiger partial charge is 0.417 e. The van der Waals surface area contributed by atoms with Crippen molar-refractivity contribution in [3.8, 4) is 11.3 Å². The van der Waals surface area contributed by atoms with E-state index in [0.717, 1.165) is 62.3 Å². The molecule has 35 heavy (non-hydrogen) atoms. The van der Waals surface area contributed by atoms with Crippen molar-refractivity contribution in [1.82, 2.24) is 20.1 Å². The smallest absolute Gasteiger partial charge is 0.381 e. The summed E-state index contributed by atoms with van der Waals surface area (Å²) in [7, 11) is 0. The average molecular weight is 488 g/mol. The molecule has 0 radical (unpaired) electrons. The summed E-state index contributed by atoms with van der Waals surface area (Å²) in [5.74, 6) is 3.26. The predicted octanol–water partition coefficient (Wildman–Crippen LogP) is 4.98. The van der Waals surface area contributed by atoms with E-state index in [1.165, 1.54) is 44.9 Å². The maximum atomic E-state index is 13.5. The number of halogens is 3. The fourth-order valence-electron chi connectivity index (χ4n) is 6.35. The fraction of sp³-hybridized carbons (Fsp3) is 0.654. The number of fused-ring (bicyclic) bond motifs is 1. The molecule has 3 atom stereocenters. The molecule has 2 aliphatic heterocycles. The molecular weight excluding hydrogens is 455 g/mol. The molecule has 1 N–H and O–H groups in total. The number of alkyl halides is 3. The minimum Gasteiger partial charge on any atom is -0.381 e. The van der Waals surface area contributed by atoms with E-state index in [1.807, 2.05) is 0 Å². The van der Waals surface area contributed by atoms with Crippen LogP contribution < -0.4 is 5.32 Å². The van der Waals surface area contributed by atoms with Gasteiger partial charge in [0.05, 0.1) is 11.3 Å². The molecule has 6 rings (SSSR count). The van der Waals surface area contributed by atoms with Crippen LogP contribution in [0.15, 0.2) is 24.5 Å². The van der Waals surface area contributed by atoms with Crippen LogP contribution in [0.1, 0.15) is 55.6 Å². The normalized spacial score (nSPS) is 27.8. The molecule has 1 unspecified atom stereocenters. The van der Waals surface area contributed by atoms with Gasteiger partial charge in [-0.2, -0.15) is 13.2 Å². The Morgan fingerprint density at radius 1 is 1.03 bits per heavy atom. The van der Waals surface area contributed by atoms with Gasteiger partial charge >= 0.3 is 6.18 Å². The molecule has 188 valence electrons. The summed E-state index contributed by atoms with van der Waals surface area (Å²) in [6.45, 7) is 5.34. The molecule has 2 saturated carbocycles. The molecule has 6 nitrogen and oxygen atoms in total. The quantitative estimate of drug-likeness (QED) is 0.620. The standard InChI is InChI=1S/C26H32F3N5O/c27-26(28,29)23-3-6-30-12-22(23)24-11-21(17-1-2-17)25(33-32-24)31-20-9-18-14-34(15-19(18)10-20)13-16-4-7-35-8-5-16/h3,6,11-12,16-20H,1-2,4-5,7-10,13-15H2,(H,31,33)/t18-,19?,20+/m1/s1. The predicted molar refractivity (Wildman–Crippen MR) is 126 cm³/mol. The summed E-state index contributed by atoms with van der Waals surface area (Å²) < 4.78 is 46.1. The molecule has 0 aromatic carbocycles. The van der Waals surface area contributed by atoms with Gasteiger partial charge in [0.1, 0.15) is 0 Å². The Hall–Kier alpha value is -2.26. The van der Waals surface area contributed by atoms with Crippen molar-refractivity contribution in [2.24, 2.45) is 17.8 Å². The number of ether oxygens (including phenoxy) is 1. The fourth-order valence-corrected chi connectivity index (χ4v) is 6.35. The molecule has 0 bridgehead atoms. The summed E-state index contributed by atoms with van der Waals surface area (Å²) in [5, 5.41) is 12.3. The Morgan fingerprint density at radius 2 is 1.77 bits per heavy atom. The van der Waals surface area contributed by atoms with Gasteiger partial charge in [-0.15, -0.1) is 10.2 Å². The molecule has 2 aromatic rings. The third kappa shape index (κ3) is 5.03. The summed E-state index contributed by atoms with van der Waals surface area (Å²) in [6.07, 6.45) is 4.60. The van der Waals surface area contributed by atoms with E-state index in [-0.39, 0.29) is 11.3 Å². The molecule has 2 aromatic heterocycles. The Kier molecular flexibility index (Phi) is 6.16. The number of hydrogen-bond donors (Lipinski definition) is 1. The lowest BCUT2D eigenvalue weighted by Gasteiger charge is -2.28. The van der Waals surface area contributed by atoms with E-state index >= 15 is 0 Å². The van der Waals surface area contributed by atoms with E-state index in [1.54, 1.807) is 6.07 Å². The summed E-state index contributed by atoms with van der Waals surface area (Å²) in [5.41, 5.74) is 0.495. The third-order valence-electron chi connectivity index (χ3n) is 8.27. The Bertz CT molecular complexity index is 1040. The Morgan fingerprint density at radius 3 is 2.46 bits per heavy atom. The molecule has 4 heterocycles. The zero-order valence-corrected chi connectivity index (χ0v) is 19.8. The molecular formula is C26H32F3N5O. The van der Waals surface area contributed by atoms with Gasteiger partial charge < -0.3 is 15.0 Å². The number of aromatic nitrogens is 3. The van der Waals surface area contributed by atoms with Crippen LogP contribution in [-0.4, -0.2) is 59.0 Å². The lowest BCUT2D eigenvalue weighted by molar-refractivity contribution is -0.137. The van der Waals surface area contributed by atoms with Crippen molar-refractivity contribution in [1.29, 1.82) is 0 Å². The van der Waals surface area contributed by atoms with Gasteiger partial charge in [0.15, 0.2) is 5.82 Å². The third-order valence-corrected chi connectivity index (χ3v) is 8.27. The first-order valence-corrected chi connectivity index (χ1v) is 12.9. The number of nitrogens with zero attached hydrogens (tertiary/aromatic N) is 4. The lowest BCUT2D eigenvalue weighted by Crippen LogP contribution is -2.32. The zero-order valence-electron chi connectivity index (χ0n) is 19.8. The summed E-state index contributed by atoms with van der Waals surface area (Å²) >= 11 is 0. The van der Waals surface area contributed by atoms with Crippen LogP contribution in [0.2, 0.25) is 0 Å². The summed E-state index contributed by atoms with van der Waals surface area (Å²) in [4.78, 5) is 6.56. The molecule has 4 aliphatic rings. The minimum atomic E-state index is -4.46. The zero-order chi connectivity index (χ0) is 24.0. The number of rotatable bonds is 6. The number of anilines is 1. The summed E-state index contributed by atoms with van der Waals surface area (Å²) in [6, 6.07) is 3.14. The maximum Gasteiger partial charge on any atom is 0.417 e. The second-order valence-electron chi connectivity index (χ2n) is 10.8. The molecule has 9 heteroatoms. The molecule has 2 aliphatic carbocycles. The number of likely N-dealkylation sites (tertiary alicyclic amines) is 1. The average Bonchev–Trinajstić information content (AvgIpc) is 3.53. The van der Waals surface area contributed by atoms with Gasteiger partial charge in [0.2, 0.25) is 0 Å². The van der Waals surface area contributed by atoms with Crippen molar-refractivity contribution in [3.63, 3.8) is 0 Å². The SMILES string of the molecule is FC(F)(F)c1ccncc1-c1cc(C2CC2)c(N[C@@H]2CC3CN(CC4CCOCC4)C[C@H]3C2)nn1. The first-order valence-electron chi connectivity index (χ1n) is 12.9. The van der Waals surface area contributed by atoms with Gasteiger partial charge in [-0.3, -0.25) is 4.98 Å². The van der Waals surface area contributed by atoms with Crippen molar-refractivity contribution < 1.29 is 17.9 Å². The number of pyridine rings is 1. The lowest BCUT2D eigenvalue weighted by atomic mass is 10.00. The van der Waals surface area contributed by atoms with Gasteiger partial charge in [0.25, 0.3) is 0 Å². The van der Waals surface area contributed by atoms with Crippen LogP contribution in [0.25, 0.3) is 11.3 Å². The second-order valence-corrected chi connectivity index (χ2v) is 10.8. The van der Waals surface area contributed by atoms with Crippen LogP contribution >= 0.6 is 0 Å². The molecule has 0 amide bonds. The van der Waals surface area contributed by atoms with E-state index in [2.05, 4.69) is 25.4 Å². The van der Waals surface area contributed by atoms with Crippen LogP contribution in [0.4, 0.5) is 19.0 Å². The van der Waals surface area contributed by atoms with E-state index in [4.69, 9.17) is 4.74 Å². The van der Waals surface area contributed by atoms with Gasteiger partial charge in [0, 0.05) is 62.4 Å². The second kappa shape index (κ2) is 9.32. The molecule has 2 saturated heterocycles. The Balaban J connectivity index is 1.13. The first kappa shape index (κ1) is 23.2. The highest BCUT2D eigenvalue weighted by Crippen LogP contribution is 2.46. The Labute approximate surface area is 203 Å². The van der Waals surface area contributed by atoms with Gasteiger partial charge in [-0.25, -0.2) is 0 Å². The topological polar surface area (TPSA) is 63.2 Å². The highest BCUT2D eigenvalue weighted by Gasteiger charge is 2.42. The highest BCUT2D eigenvalue weighted by atomic mass is 19.4. The van der Waals surface area contributed by atoms with Gasteiger partial charge in [-0.1, -0.05) is 0 Å². The molecule has 4 fully saturated rings. The van der Waals surface area contributed by atoms with E-state index < -0.39 is 11.7 Å². The van der Waals surface area contributed by atoms with Crippen LogP contribution in [0.5, 0.6) is 0 Å². The van der Waals surface area contributed by atoms with Crippen molar-refractivity contribution in [3.05, 3.63) is 35.7 Å².